The van der Waals surface area contributed by atoms with Crippen LogP contribution >= 0.6 is 0 Å². The summed E-state index contributed by atoms with van der Waals surface area (Å²) in [6.45, 7) is 3.05. The van der Waals surface area contributed by atoms with Crippen molar-refractivity contribution in [2.75, 3.05) is 25.6 Å². The first-order valence-electron chi connectivity index (χ1n) is 9.18. The number of carbonyl (C=O) groups is 1. The van der Waals surface area contributed by atoms with Crippen LogP contribution in [-0.4, -0.2) is 41.1 Å². The SMILES string of the molecule is COc1ccc(OCCNc2cc(C(=O)NCc3ccccn3)nc(C)n2)cc1. The first kappa shape index (κ1) is 20.1. The fraction of sp³-hybridized carbons (Fsp3) is 0.238. The van der Waals surface area contributed by atoms with Gasteiger partial charge in [0.25, 0.3) is 5.91 Å². The number of hydrogen-bond donors (Lipinski definition) is 2. The molecule has 2 aromatic heterocycles. The van der Waals surface area contributed by atoms with Crippen LogP contribution in [0.2, 0.25) is 0 Å². The molecule has 0 saturated carbocycles. The first-order valence-corrected chi connectivity index (χ1v) is 9.18. The number of aryl methyl sites for hydroxylation is 1. The molecule has 0 fully saturated rings. The third kappa shape index (κ3) is 6.17. The maximum absolute atomic E-state index is 12.4. The largest absolute Gasteiger partial charge is 0.497 e. The van der Waals surface area contributed by atoms with Gasteiger partial charge < -0.3 is 20.1 Å². The van der Waals surface area contributed by atoms with Crippen LogP contribution in [0.25, 0.3) is 0 Å². The number of benzene rings is 1. The van der Waals surface area contributed by atoms with Gasteiger partial charge in [-0.3, -0.25) is 9.78 Å². The second kappa shape index (κ2) is 10.0. The van der Waals surface area contributed by atoms with Gasteiger partial charge in [0.05, 0.1) is 25.9 Å². The third-order valence-corrected chi connectivity index (χ3v) is 3.96. The lowest BCUT2D eigenvalue weighted by atomic mass is 10.3. The maximum atomic E-state index is 12.4. The molecule has 0 saturated heterocycles. The molecule has 8 heteroatoms. The normalized spacial score (nSPS) is 10.3. The Kier molecular flexibility index (Phi) is 6.94. The Morgan fingerprint density at radius 1 is 1.07 bits per heavy atom. The third-order valence-electron chi connectivity index (χ3n) is 3.96. The van der Waals surface area contributed by atoms with E-state index in [9.17, 15) is 4.79 Å². The summed E-state index contributed by atoms with van der Waals surface area (Å²) < 4.78 is 10.8. The Morgan fingerprint density at radius 3 is 2.59 bits per heavy atom. The minimum absolute atomic E-state index is 0.279. The van der Waals surface area contributed by atoms with Gasteiger partial charge in [-0.05, 0) is 43.3 Å². The molecule has 0 unspecified atom stereocenters. The fourth-order valence-electron chi connectivity index (χ4n) is 2.56. The van der Waals surface area contributed by atoms with Crippen LogP contribution in [0.3, 0.4) is 0 Å². The molecule has 3 rings (SSSR count). The highest BCUT2D eigenvalue weighted by Gasteiger charge is 2.10. The van der Waals surface area contributed by atoms with Crippen LogP contribution in [0, 0.1) is 6.92 Å². The molecule has 29 heavy (non-hydrogen) atoms. The number of carbonyl (C=O) groups excluding carboxylic acids is 1. The van der Waals surface area contributed by atoms with Gasteiger partial charge in [-0.2, -0.15) is 0 Å². The molecule has 0 aliphatic rings. The van der Waals surface area contributed by atoms with Crippen molar-refractivity contribution in [3.8, 4) is 11.5 Å². The van der Waals surface area contributed by atoms with Crippen LogP contribution < -0.4 is 20.1 Å². The predicted molar refractivity (Wildman–Crippen MR) is 109 cm³/mol. The van der Waals surface area contributed by atoms with E-state index in [1.165, 1.54) is 0 Å². The molecular formula is C21H23N5O3. The number of ether oxygens (including phenoxy) is 2. The number of aromatic nitrogens is 3. The van der Waals surface area contributed by atoms with E-state index in [1.807, 2.05) is 42.5 Å². The van der Waals surface area contributed by atoms with Crippen LogP contribution in [-0.2, 0) is 6.54 Å². The Balaban J connectivity index is 1.50. The lowest BCUT2D eigenvalue weighted by Crippen LogP contribution is -2.25. The molecule has 0 atom stereocenters. The zero-order valence-electron chi connectivity index (χ0n) is 16.4. The van der Waals surface area contributed by atoms with E-state index in [4.69, 9.17) is 9.47 Å². The molecular weight excluding hydrogens is 370 g/mol. The van der Waals surface area contributed by atoms with Crippen molar-refractivity contribution in [1.29, 1.82) is 0 Å². The van der Waals surface area contributed by atoms with Gasteiger partial charge in [0.1, 0.15) is 35.4 Å². The number of amides is 1. The van der Waals surface area contributed by atoms with Gasteiger partial charge in [-0.25, -0.2) is 9.97 Å². The standard InChI is InChI=1S/C21H23N5O3/c1-15-25-19(21(27)24-14-16-5-3-4-10-22-16)13-20(26-15)23-11-12-29-18-8-6-17(28-2)7-9-18/h3-10,13H,11-12,14H2,1-2H3,(H,24,27)(H,23,25,26). The van der Waals surface area contributed by atoms with Gasteiger partial charge >= 0.3 is 0 Å². The van der Waals surface area contributed by atoms with Crippen molar-refractivity contribution in [3.05, 3.63) is 71.9 Å². The van der Waals surface area contributed by atoms with Gasteiger partial charge in [-0.1, -0.05) is 6.07 Å². The van der Waals surface area contributed by atoms with Crippen LogP contribution in [0.4, 0.5) is 5.82 Å². The summed E-state index contributed by atoms with van der Waals surface area (Å²) in [6, 6.07) is 14.5. The second-order valence-corrected chi connectivity index (χ2v) is 6.14. The van der Waals surface area contributed by atoms with Crippen molar-refractivity contribution >= 4 is 11.7 Å². The lowest BCUT2D eigenvalue weighted by molar-refractivity contribution is 0.0945. The second-order valence-electron chi connectivity index (χ2n) is 6.14. The topological polar surface area (TPSA) is 98.3 Å². The van der Waals surface area contributed by atoms with E-state index in [0.29, 0.717) is 37.0 Å². The van der Waals surface area contributed by atoms with Crippen molar-refractivity contribution in [1.82, 2.24) is 20.3 Å². The summed E-state index contributed by atoms with van der Waals surface area (Å²) in [5, 5.41) is 5.97. The zero-order chi connectivity index (χ0) is 20.5. The molecule has 8 nitrogen and oxygen atoms in total. The van der Waals surface area contributed by atoms with E-state index < -0.39 is 0 Å². The van der Waals surface area contributed by atoms with Crippen molar-refractivity contribution in [2.45, 2.75) is 13.5 Å². The maximum Gasteiger partial charge on any atom is 0.270 e. The summed E-state index contributed by atoms with van der Waals surface area (Å²) in [6.07, 6.45) is 1.69. The molecule has 150 valence electrons. The van der Waals surface area contributed by atoms with E-state index in [2.05, 4.69) is 25.6 Å². The van der Waals surface area contributed by atoms with Crippen LogP contribution in [0.1, 0.15) is 22.0 Å². The monoisotopic (exact) mass is 393 g/mol. The van der Waals surface area contributed by atoms with Crippen molar-refractivity contribution < 1.29 is 14.3 Å². The molecule has 1 aromatic carbocycles. The van der Waals surface area contributed by atoms with Crippen LogP contribution in [0.5, 0.6) is 11.5 Å². The molecule has 0 spiro atoms. The number of nitrogens with one attached hydrogen (secondary N) is 2. The molecule has 0 aliphatic heterocycles. The summed E-state index contributed by atoms with van der Waals surface area (Å²) in [5.74, 6) is 2.33. The van der Waals surface area contributed by atoms with E-state index >= 15 is 0 Å². The van der Waals surface area contributed by atoms with Gasteiger partial charge in [0.15, 0.2) is 0 Å². The van der Waals surface area contributed by atoms with Crippen molar-refractivity contribution in [2.24, 2.45) is 0 Å². The highest BCUT2D eigenvalue weighted by molar-refractivity contribution is 5.92. The number of pyridine rings is 1. The minimum atomic E-state index is -0.279. The smallest absolute Gasteiger partial charge is 0.270 e. The number of nitrogens with zero attached hydrogens (tertiary/aromatic N) is 3. The van der Waals surface area contributed by atoms with E-state index in [0.717, 1.165) is 17.2 Å². The Hall–Kier alpha value is -3.68. The van der Waals surface area contributed by atoms with Gasteiger partial charge in [-0.15, -0.1) is 0 Å². The molecule has 2 heterocycles. The van der Waals surface area contributed by atoms with Crippen molar-refractivity contribution in [3.63, 3.8) is 0 Å². The zero-order valence-corrected chi connectivity index (χ0v) is 16.4. The Morgan fingerprint density at radius 2 is 1.86 bits per heavy atom. The summed E-state index contributed by atoms with van der Waals surface area (Å²) in [4.78, 5) is 25.1. The molecule has 3 aromatic rings. The number of rotatable bonds is 9. The minimum Gasteiger partial charge on any atom is -0.497 e. The van der Waals surface area contributed by atoms with Gasteiger partial charge in [0, 0.05) is 12.3 Å². The summed E-state index contributed by atoms with van der Waals surface area (Å²) in [7, 11) is 1.62. The quantitative estimate of drug-likeness (QED) is 0.539. The predicted octanol–water partition coefficient (Wildman–Crippen LogP) is 2.61. The first-order chi connectivity index (χ1) is 14.1. The highest BCUT2D eigenvalue weighted by Crippen LogP contribution is 2.16. The molecule has 2 N–H and O–H groups in total. The Labute approximate surface area is 169 Å². The number of methoxy groups -OCH3 is 1. The number of hydrogen-bond acceptors (Lipinski definition) is 7. The Bertz CT molecular complexity index is 933. The molecule has 1 amide bonds. The summed E-state index contributed by atoms with van der Waals surface area (Å²) >= 11 is 0. The molecule has 0 aliphatic carbocycles. The molecule has 0 radical (unpaired) electrons. The molecule has 0 bridgehead atoms. The average molecular weight is 393 g/mol. The lowest BCUT2D eigenvalue weighted by Gasteiger charge is -2.10. The van der Waals surface area contributed by atoms with E-state index in [-0.39, 0.29) is 5.91 Å². The van der Waals surface area contributed by atoms with Gasteiger partial charge in [0.2, 0.25) is 0 Å². The summed E-state index contributed by atoms with van der Waals surface area (Å²) in [5.41, 5.74) is 1.08. The number of anilines is 1. The highest BCUT2D eigenvalue weighted by atomic mass is 16.5. The van der Waals surface area contributed by atoms with Crippen LogP contribution in [0.15, 0.2) is 54.7 Å². The fourth-order valence-corrected chi connectivity index (χ4v) is 2.56. The average Bonchev–Trinajstić information content (AvgIpc) is 2.76. The van der Waals surface area contributed by atoms with E-state index in [1.54, 1.807) is 26.3 Å².